The maximum Gasteiger partial charge on any atom is 0.266 e. The Kier molecular flexibility index (Phi) is 10.1. The standard InChI is InChI=1S/C28H32F2N6O2.2ClH/c1-18-14-34(22(12-31-18)15-36-26(37)5-4-8-33-36)16-27(38)35-17-28(2,3)23-13-32-21(11-25(23)35)9-19-6-7-20(29)10-24(19)30;;/h4-8,10-11,13,18,22,31H,9,12,14-17H2,1-3H3;2*1H/t18-,22-;;/m1../s1. The van der Waals surface area contributed by atoms with Crippen molar-refractivity contribution in [3.8, 4) is 0 Å². The third-order valence-corrected chi connectivity index (χ3v) is 7.43. The van der Waals surface area contributed by atoms with Crippen LogP contribution >= 0.6 is 24.8 Å². The summed E-state index contributed by atoms with van der Waals surface area (Å²) in [4.78, 5) is 34.4. The van der Waals surface area contributed by atoms with Gasteiger partial charge >= 0.3 is 0 Å². The Morgan fingerprint density at radius 2 is 1.95 bits per heavy atom. The smallest absolute Gasteiger partial charge is 0.266 e. The van der Waals surface area contributed by atoms with E-state index in [-0.39, 0.29) is 66.7 Å². The van der Waals surface area contributed by atoms with Gasteiger partial charge in [0.1, 0.15) is 11.6 Å². The first kappa shape index (κ1) is 31.6. The first-order valence-corrected chi connectivity index (χ1v) is 12.8. The van der Waals surface area contributed by atoms with Gasteiger partial charge in [0.2, 0.25) is 5.91 Å². The summed E-state index contributed by atoms with van der Waals surface area (Å²) in [5.41, 5.74) is 2.21. The van der Waals surface area contributed by atoms with Crippen molar-refractivity contribution >= 4 is 36.4 Å². The molecule has 2 aliphatic rings. The van der Waals surface area contributed by atoms with Crippen molar-refractivity contribution < 1.29 is 13.6 Å². The van der Waals surface area contributed by atoms with E-state index in [0.29, 0.717) is 37.4 Å². The number of amides is 1. The second-order valence-corrected chi connectivity index (χ2v) is 10.9. The van der Waals surface area contributed by atoms with Gasteiger partial charge in [-0.05, 0) is 30.7 Å². The fourth-order valence-electron chi connectivity index (χ4n) is 5.36. The van der Waals surface area contributed by atoms with Gasteiger partial charge in [0.25, 0.3) is 5.56 Å². The molecule has 4 heterocycles. The Morgan fingerprint density at radius 3 is 2.67 bits per heavy atom. The van der Waals surface area contributed by atoms with Gasteiger partial charge in [-0.1, -0.05) is 19.9 Å². The number of hydrogen-bond acceptors (Lipinski definition) is 6. The van der Waals surface area contributed by atoms with E-state index in [1.165, 1.54) is 22.9 Å². The molecule has 2 atom stereocenters. The fraction of sp³-hybridized carbons (Fsp3) is 0.429. The van der Waals surface area contributed by atoms with Gasteiger partial charge in [0, 0.05) is 79.3 Å². The molecule has 8 nitrogen and oxygen atoms in total. The van der Waals surface area contributed by atoms with E-state index in [0.717, 1.165) is 17.3 Å². The van der Waals surface area contributed by atoms with E-state index in [2.05, 4.69) is 41.1 Å². The molecular formula is C28H34Cl2F2N6O2. The number of pyridine rings is 1. The lowest BCUT2D eigenvalue weighted by atomic mass is 9.88. The molecule has 1 N–H and O–H groups in total. The maximum absolute atomic E-state index is 14.3. The van der Waals surface area contributed by atoms with Crippen LogP contribution in [0.25, 0.3) is 0 Å². The second-order valence-electron chi connectivity index (χ2n) is 10.9. The zero-order valence-corrected chi connectivity index (χ0v) is 24.3. The quantitative estimate of drug-likeness (QED) is 0.471. The van der Waals surface area contributed by atoms with Crippen molar-refractivity contribution in [3.63, 3.8) is 0 Å². The van der Waals surface area contributed by atoms with Gasteiger partial charge in [-0.2, -0.15) is 5.10 Å². The molecule has 0 spiro atoms. The fourth-order valence-corrected chi connectivity index (χ4v) is 5.36. The number of fused-ring (bicyclic) bond motifs is 1. The summed E-state index contributed by atoms with van der Waals surface area (Å²) in [6.45, 7) is 8.59. The molecule has 0 radical (unpaired) electrons. The number of halogens is 4. The van der Waals surface area contributed by atoms with Crippen LogP contribution in [0.1, 0.15) is 37.6 Å². The number of hydrogen-bond donors (Lipinski definition) is 1. The number of benzene rings is 1. The van der Waals surface area contributed by atoms with Gasteiger partial charge in [-0.25, -0.2) is 13.5 Å². The monoisotopic (exact) mass is 594 g/mol. The van der Waals surface area contributed by atoms with Gasteiger partial charge < -0.3 is 10.2 Å². The van der Waals surface area contributed by atoms with Crippen LogP contribution in [0.4, 0.5) is 14.5 Å². The van der Waals surface area contributed by atoms with Crippen molar-refractivity contribution in [2.45, 2.75) is 51.2 Å². The van der Waals surface area contributed by atoms with Crippen LogP contribution in [0.5, 0.6) is 0 Å². The predicted octanol–water partition coefficient (Wildman–Crippen LogP) is 3.34. The van der Waals surface area contributed by atoms with Crippen LogP contribution in [0.2, 0.25) is 0 Å². The molecule has 0 unspecified atom stereocenters. The maximum atomic E-state index is 14.3. The van der Waals surface area contributed by atoms with Gasteiger partial charge in [-0.3, -0.25) is 19.5 Å². The first-order valence-electron chi connectivity index (χ1n) is 12.8. The lowest BCUT2D eigenvalue weighted by Gasteiger charge is -2.39. The van der Waals surface area contributed by atoms with E-state index in [9.17, 15) is 18.4 Å². The molecule has 1 amide bonds. The Balaban J connectivity index is 0.00000220. The largest absolute Gasteiger partial charge is 0.311 e. The molecule has 40 heavy (non-hydrogen) atoms. The number of carbonyl (C=O) groups excluding carboxylic acids is 1. The zero-order valence-electron chi connectivity index (χ0n) is 22.6. The Labute approximate surface area is 244 Å². The minimum atomic E-state index is -0.625. The third kappa shape index (κ3) is 6.68. The van der Waals surface area contributed by atoms with E-state index < -0.39 is 11.6 Å². The number of anilines is 1. The molecule has 0 saturated carbocycles. The van der Waals surface area contributed by atoms with Crippen LogP contribution < -0.4 is 15.8 Å². The molecule has 2 aliphatic heterocycles. The third-order valence-electron chi connectivity index (χ3n) is 7.43. The molecule has 1 saturated heterocycles. The molecule has 5 rings (SSSR count). The van der Waals surface area contributed by atoms with Crippen molar-refractivity contribution in [2.75, 3.05) is 31.1 Å². The number of aromatic nitrogens is 3. The summed E-state index contributed by atoms with van der Waals surface area (Å²) in [5, 5.41) is 7.63. The highest BCUT2D eigenvalue weighted by atomic mass is 35.5. The molecule has 0 bridgehead atoms. The Bertz CT molecular complexity index is 1420. The molecule has 3 aromatic rings. The molecule has 1 fully saturated rings. The average molecular weight is 596 g/mol. The van der Waals surface area contributed by atoms with Crippen molar-refractivity contribution in [1.82, 2.24) is 25.0 Å². The van der Waals surface area contributed by atoms with Gasteiger partial charge in [0.15, 0.2) is 0 Å². The number of rotatable bonds is 6. The molecule has 1 aromatic carbocycles. The van der Waals surface area contributed by atoms with Crippen LogP contribution in [-0.2, 0) is 23.2 Å². The molecule has 216 valence electrons. The minimum Gasteiger partial charge on any atom is -0.311 e. The van der Waals surface area contributed by atoms with Crippen LogP contribution in [-0.4, -0.2) is 63.8 Å². The summed E-state index contributed by atoms with van der Waals surface area (Å²) in [6.07, 6.45) is 3.54. The highest BCUT2D eigenvalue weighted by Gasteiger charge is 2.40. The second kappa shape index (κ2) is 12.7. The number of nitrogens with zero attached hydrogens (tertiary/aromatic N) is 5. The number of piperazine rings is 1. The lowest BCUT2D eigenvalue weighted by molar-refractivity contribution is -0.120. The Morgan fingerprint density at radius 1 is 1.18 bits per heavy atom. The normalized spacial score (nSPS) is 19.9. The lowest BCUT2D eigenvalue weighted by Crippen LogP contribution is -2.59. The van der Waals surface area contributed by atoms with Crippen molar-refractivity contribution in [1.29, 1.82) is 0 Å². The molecule has 2 aromatic heterocycles. The van der Waals surface area contributed by atoms with Crippen LogP contribution in [0.15, 0.2) is 53.6 Å². The molecular weight excluding hydrogens is 561 g/mol. The molecule has 0 aliphatic carbocycles. The first-order chi connectivity index (χ1) is 18.1. The number of carbonyl (C=O) groups is 1. The van der Waals surface area contributed by atoms with E-state index in [1.54, 1.807) is 23.4 Å². The number of nitrogens with one attached hydrogen (secondary N) is 1. The summed E-state index contributed by atoms with van der Waals surface area (Å²) in [5.74, 6) is -1.29. The predicted molar refractivity (Wildman–Crippen MR) is 155 cm³/mol. The highest BCUT2D eigenvalue weighted by Crippen LogP contribution is 2.40. The van der Waals surface area contributed by atoms with Crippen LogP contribution in [0, 0.1) is 11.6 Å². The summed E-state index contributed by atoms with van der Waals surface area (Å²) in [6, 6.07) is 8.58. The topological polar surface area (TPSA) is 83.4 Å². The van der Waals surface area contributed by atoms with Crippen molar-refractivity contribution in [2.24, 2.45) is 0 Å². The summed E-state index contributed by atoms with van der Waals surface area (Å²) in [7, 11) is 0. The van der Waals surface area contributed by atoms with E-state index >= 15 is 0 Å². The van der Waals surface area contributed by atoms with Crippen LogP contribution in [0.3, 0.4) is 0 Å². The van der Waals surface area contributed by atoms with E-state index in [1.807, 2.05) is 6.07 Å². The summed E-state index contributed by atoms with van der Waals surface area (Å²) < 4.78 is 29.1. The highest BCUT2D eigenvalue weighted by molar-refractivity contribution is 5.97. The summed E-state index contributed by atoms with van der Waals surface area (Å²) >= 11 is 0. The minimum absolute atomic E-state index is 0. The van der Waals surface area contributed by atoms with E-state index in [4.69, 9.17) is 0 Å². The van der Waals surface area contributed by atoms with Gasteiger partial charge in [-0.15, -0.1) is 24.8 Å². The van der Waals surface area contributed by atoms with Crippen molar-refractivity contribution in [3.05, 3.63) is 87.6 Å². The zero-order chi connectivity index (χ0) is 27.0. The average Bonchev–Trinajstić information content (AvgIpc) is 3.14. The SMILES string of the molecule is C[C@@H]1CN(CC(=O)N2CC(C)(C)c3cnc(Cc4ccc(F)cc4F)cc32)[C@@H](Cn2ncccc2=O)CN1.Cl.Cl. The Hall–Kier alpha value is -2.92. The molecule has 12 heteroatoms. The van der Waals surface area contributed by atoms with Gasteiger partial charge in [0.05, 0.1) is 18.8 Å².